The number of aryl methyl sites for hydroxylation is 1. The highest BCUT2D eigenvalue weighted by molar-refractivity contribution is 5.46. The van der Waals surface area contributed by atoms with Gasteiger partial charge in [0.15, 0.2) is 0 Å². The van der Waals surface area contributed by atoms with Crippen molar-refractivity contribution in [1.82, 2.24) is 10.2 Å². The van der Waals surface area contributed by atoms with Crippen molar-refractivity contribution in [1.29, 1.82) is 0 Å². The van der Waals surface area contributed by atoms with Crippen LogP contribution < -0.4 is 14.8 Å². The van der Waals surface area contributed by atoms with Crippen LogP contribution in [0, 0.1) is 0 Å². The standard InChI is InChI=1S/C14H19N3O3/c1-4-6-13-16-17-14(20-13)15-9-10-11(18-2)7-5-8-12(10)19-3/h5,7-8H,4,6,9H2,1-3H3,(H,15,17). The number of methoxy groups -OCH3 is 2. The third-order valence-electron chi connectivity index (χ3n) is 2.88. The molecule has 0 spiro atoms. The van der Waals surface area contributed by atoms with Crippen molar-refractivity contribution < 1.29 is 13.9 Å². The van der Waals surface area contributed by atoms with Crippen LogP contribution in [-0.2, 0) is 13.0 Å². The predicted octanol–water partition coefficient (Wildman–Crippen LogP) is 2.65. The third kappa shape index (κ3) is 3.20. The van der Waals surface area contributed by atoms with Crippen molar-refractivity contribution in [3.8, 4) is 11.5 Å². The van der Waals surface area contributed by atoms with E-state index in [9.17, 15) is 0 Å². The molecule has 108 valence electrons. The van der Waals surface area contributed by atoms with E-state index < -0.39 is 0 Å². The summed E-state index contributed by atoms with van der Waals surface area (Å²) < 4.78 is 16.1. The lowest BCUT2D eigenvalue weighted by molar-refractivity contribution is 0.386. The Morgan fingerprint density at radius 3 is 2.45 bits per heavy atom. The highest BCUT2D eigenvalue weighted by Crippen LogP contribution is 2.28. The van der Waals surface area contributed by atoms with Gasteiger partial charge in [-0.1, -0.05) is 18.1 Å². The molecule has 2 rings (SSSR count). The predicted molar refractivity (Wildman–Crippen MR) is 75.2 cm³/mol. The van der Waals surface area contributed by atoms with Crippen LogP contribution in [0.25, 0.3) is 0 Å². The average molecular weight is 277 g/mol. The molecule has 6 nitrogen and oxygen atoms in total. The summed E-state index contributed by atoms with van der Waals surface area (Å²) in [4.78, 5) is 0. The molecule has 1 aromatic heterocycles. The van der Waals surface area contributed by atoms with Gasteiger partial charge in [0, 0.05) is 6.42 Å². The monoisotopic (exact) mass is 277 g/mol. The molecule has 0 bridgehead atoms. The van der Waals surface area contributed by atoms with Gasteiger partial charge < -0.3 is 19.2 Å². The smallest absolute Gasteiger partial charge is 0.315 e. The van der Waals surface area contributed by atoms with E-state index in [2.05, 4.69) is 22.4 Å². The summed E-state index contributed by atoms with van der Waals surface area (Å²) in [6, 6.07) is 6.06. The van der Waals surface area contributed by atoms with E-state index in [4.69, 9.17) is 13.9 Å². The topological polar surface area (TPSA) is 69.4 Å². The first kappa shape index (κ1) is 14.2. The van der Waals surface area contributed by atoms with Crippen molar-refractivity contribution in [3.63, 3.8) is 0 Å². The molecular formula is C14H19N3O3. The zero-order valence-corrected chi connectivity index (χ0v) is 12.0. The molecule has 1 heterocycles. The molecule has 0 saturated carbocycles. The minimum atomic E-state index is 0.404. The van der Waals surface area contributed by atoms with Gasteiger partial charge in [0.2, 0.25) is 5.89 Å². The normalized spacial score (nSPS) is 10.3. The van der Waals surface area contributed by atoms with Gasteiger partial charge >= 0.3 is 6.01 Å². The maximum Gasteiger partial charge on any atom is 0.315 e. The number of ether oxygens (including phenoxy) is 2. The fourth-order valence-corrected chi connectivity index (χ4v) is 1.91. The van der Waals surface area contributed by atoms with Crippen LogP contribution in [0.15, 0.2) is 22.6 Å². The first-order chi connectivity index (χ1) is 9.78. The molecule has 1 N–H and O–H groups in total. The second-order valence-electron chi connectivity index (χ2n) is 4.25. The van der Waals surface area contributed by atoms with Gasteiger partial charge in [-0.25, -0.2) is 0 Å². The van der Waals surface area contributed by atoms with Gasteiger partial charge in [0.1, 0.15) is 11.5 Å². The first-order valence-corrected chi connectivity index (χ1v) is 6.54. The van der Waals surface area contributed by atoms with Crippen molar-refractivity contribution in [2.75, 3.05) is 19.5 Å². The summed E-state index contributed by atoms with van der Waals surface area (Å²) in [5.41, 5.74) is 0.910. The zero-order chi connectivity index (χ0) is 14.4. The van der Waals surface area contributed by atoms with Crippen LogP contribution in [0.5, 0.6) is 11.5 Å². The Labute approximate surface area is 118 Å². The van der Waals surface area contributed by atoms with E-state index in [0.717, 1.165) is 29.9 Å². The summed E-state index contributed by atoms with van der Waals surface area (Å²) >= 11 is 0. The number of anilines is 1. The van der Waals surface area contributed by atoms with Gasteiger partial charge in [0.25, 0.3) is 0 Å². The largest absolute Gasteiger partial charge is 0.496 e. The summed E-state index contributed by atoms with van der Waals surface area (Å²) in [6.45, 7) is 2.55. The number of rotatable bonds is 7. The lowest BCUT2D eigenvalue weighted by Gasteiger charge is -2.12. The minimum Gasteiger partial charge on any atom is -0.496 e. The van der Waals surface area contributed by atoms with E-state index in [-0.39, 0.29) is 0 Å². The number of benzene rings is 1. The zero-order valence-electron chi connectivity index (χ0n) is 12.0. The van der Waals surface area contributed by atoms with Crippen molar-refractivity contribution in [3.05, 3.63) is 29.7 Å². The molecule has 6 heteroatoms. The second kappa shape index (κ2) is 6.79. The fraction of sp³-hybridized carbons (Fsp3) is 0.429. The van der Waals surface area contributed by atoms with Gasteiger partial charge in [-0.15, -0.1) is 5.10 Å². The van der Waals surface area contributed by atoms with Crippen LogP contribution >= 0.6 is 0 Å². The fourth-order valence-electron chi connectivity index (χ4n) is 1.91. The van der Waals surface area contributed by atoms with Crippen molar-refractivity contribution in [2.45, 2.75) is 26.3 Å². The molecule has 0 saturated heterocycles. The molecule has 0 unspecified atom stereocenters. The molecule has 0 atom stereocenters. The highest BCUT2D eigenvalue weighted by Gasteiger charge is 2.11. The maximum atomic E-state index is 5.48. The molecule has 20 heavy (non-hydrogen) atoms. The van der Waals surface area contributed by atoms with E-state index in [1.54, 1.807) is 14.2 Å². The molecule has 0 fully saturated rings. The second-order valence-corrected chi connectivity index (χ2v) is 4.25. The van der Waals surface area contributed by atoms with Crippen LogP contribution in [0.3, 0.4) is 0 Å². The van der Waals surface area contributed by atoms with E-state index in [1.165, 1.54) is 0 Å². The van der Waals surface area contributed by atoms with E-state index >= 15 is 0 Å². The Kier molecular flexibility index (Phi) is 4.81. The molecule has 0 aliphatic carbocycles. The average Bonchev–Trinajstić information content (AvgIpc) is 2.92. The Morgan fingerprint density at radius 1 is 1.15 bits per heavy atom. The number of hydrogen-bond acceptors (Lipinski definition) is 6. The van der Waals surface area contributed by atoms with Gasteiger partial charge in [0.05, 0.1) is 26.3 Å². The van der Waals surface area contributed by atoms with Crippen molar-refractivity contribution >= 4 is 6.01 Å². The van der Waals surface area contributed by atoms with Gasteiger partial charge in [-0.2, -0.15) is 0 Å². The van der Waals surface area contributed by atoms with E-state index in [1.807, 2.05) is 18.2 Å². The minimum absolute atomic E-state index is 0.404. The molecule has 2 aromatic rings. The third-order valence-corrected chi connectivity index (χ3v) is 2.88. The summed E-state index contributed by atoms with van der Waals surface area (Å²) in [5.74, 6) is 2.15. The lowest BCUT2D eigenvalue weighted by Crippen LogP contribution is -2.04. The molecule has 1 aromatic carbocycles. The van der Waals surface area contributed by atoms with Gasteiger partial charge in [-0.3, -0.25) is 0 Å². The summed E-state index contributed by atoms with van der Waals surface area (Å²) in [6.07, 6.45) is 1.76. The van der Waals surface area contributed by atoms with Crippen LogP contribution in [0.4, 0.5) is 6.01 Å². The summed E-state index contributed by atoms with van der Waals surface area (Å²) in [5, 5.41) is 11.0. The van der Waals surface area contributed by atoms with Crippen LogP contribution in [0.1, 0.15) is 24.8 Å². The Morgan fingerprint density at radius 2 is 1.85 bits per heavy atom. The molecular weight excluding hydrogens is 258 g/mol. The van der Waals surface area contributed by atoms with E-state index in [0.29, 0.717) is 18.5 Å². The molecule has 0 aliphatic rings. The first-order valence-electron chi connectivity index (χ1n) is 6.54. The quantitative estimate of drug-likeness (QED) is 0.839. The summed E-state index contributed by atoms with van der Waals surface area (Å²) in [7, 11) is 3.26. The Hall–Kier alpha value is -2.24. The molecule has 0 radical (unpaired) electrons. The number of aromatic nitrogens is 2. The number of hydrogen-bond donors (Lipinski definition) is 1. The molecule has 0 aliphatic heterocycles. The Bertz CT molecular complexity index is 532. The SMILES string of the molecule is CCCc1nnc(NCc2c(OC)cccc2OC)o1. The van der Waals surface area contributed by atoms with Gasteiger partial charge in [-0.05, 0) is 18.6 Å². The highest BCUT2D eigenvalue weighted by atomic mass is 16.5. The number of nitrogens with zero attached hydrogens (tertiary/aromatic N) is 2. The Balaban J connectivity index is 2.09. The lowest BCUT2D eigenvalue weighted by atomic mass is 10.1. The van der Waals surface area contributed by atoms with Crippen LogP contribution in [-0.4, -0.2) is 24.4 Å². The number of nitrogens with one attached hydrogen (secondary N) is 1. The van der Waals surface area contributed by atoms with Crippen LogP contribution in [0.2, 0.25) is 0 Å². The molecule has 0 amide bonds. The maximum absolute atomic E-state index is 5.48. The van der Waals surface area contributed by atoms with Crippen molar-refractivity contribution in [2.24, 2.45) is 0 Å².